The number of halogens is 1. The minimum absolute atomic E-state index is 0.429. The Kier molecular flexibility index (Phi) is 4.51. The Balaban J connectivity index is 1.54. The second-order valence-electron chi connectivity index (χ2n) is 7.88. The Labute approximate surface area is 188 Å². The average Bonchev–Trinajstić information content (AvgIpc) is 3.22. The van der Waals surface area contributed by atoms with Crippen LogP contribution in [0.25, 0.3) is 16.7 Å². The van der Waals surface area contributed by atoms with Crippen LogP contribution in [0.15, 0.2) is 59.9 Å². The molecule has 0 aliphatic carbocycles. The second kappa shape index (κ2) is 7.43. The van der Waals surface area contributed by atoms with Crippen molar-refractivity contribution in [2.75, 3.05) is 19.0 Å². The number of rotatable bonds is 2. The summed E-state index contributed by atoms with van der Waals surface area (Å²) in [6, 6.07) is 11.1. The number of ether oxygens (including phenoxy) is 2. The highest BCUT2D eigenvalue weighted by molar-refractivity contribution is 8.14. The lowest BCUT2D eigenvalue weighted by Crippen LogP contribution is -2.31. The number of aliphatic imine (C=N–C) groups is 1. The Hall–Kier alpha value is -3.23. The van der Waals surface area contributed by atoms with Gasteiger partial charge < -0.3 is 15.2 Å². The molecule has 2 N–H and O–H groups in total. The molecule has 1 spiro atoms. The summed E-state index contributed by atoms with van der Waals surface area (Å²) in [6.07, 6.45) is 6.19. The lowest BCUT2D eigenvalue weighted by atomic mass is 9.81. The standard InChI is InChI=1S/C24H19FN4O2S/c25-21-17(2-1-7-27-21)15-3-4-20-18(10-15)24(13-32-23(26)29-24)19-11-16(12-28-22(19)31-20)14-5-8-30-9-6-14/h1-5,7,10-12H,6,8-9,13H2,(H2,26,29)/t24-/m0/s1. The molecular weight excluding hydrogens is 427 g/mol. The van der Waals surface area contributed by atoms with Crippen LogP contribution in [-0.4, -0.2) is 34.1 Å². The fourth-order valence-corrected chi connectivity index (χ4v) is 5.41. The number of fused-ring (bicyclic) bond motifs is 4. The van der Waals surface area contributed by atoms with E-state index in [9.17, 15) is 4.39 Å². The first-order chi connectivity index (χ1) is 15.6. The van der Waals surface area contributed by atoms with Crippen LogP contribution in [0.1, 0.15) is 23.1 Å². The monoisotopic (exact) mass is 446 g/mol. The molecule has 5 heterocycles. The van der Waals surface area contributed by atoms with E-state index in [-0.39, 0.29) is 0 Å². The van der Waals surface area contributed by atoms with Gasteiger partial charge in [0.15, 0.2) is 5.17 Å². The van der Waals surface area contributed by atoms with Gasteiger partial charge >= 0.3 is 0 Å². The molecule has 0 saturated carbocycles. The zero-order chi connectivity index (χ0) is 21.7. The molecule has 6 rings (SSSR count). The van der Waals surface area contributed by atoms with Gasteiger partial charge in [0.25, 0.3) is 0 Å². The quantitative estimate of drug-likeness (QED) is 0.584. The third-order valence-electron chi connectivity index (χ3n) is 6.06. The Morgan fingerprint density at radius 3 is 2.78 bits per heavy atom. The van der Waals surface area contributed by atoms with Gasteiger partial charge in [0.2, 0.25) is 11.8 Å². The van der Waals surface area contributed by atoms with Crippen molar-refractivity contribution in [2.45, 2.75) is 12.0 Å². The summed E-state index contributed by atoms with van der Waals surface area (Å²) in [5.74, 6) is 1.27. The van der Waals surface area contributed by atoms with Crippen LogP contribution in [0, 0.1) is 5.95 Å². The van der Waals surface area contributed by atoms with Crippen LogP contribution in [0.4, 0.5) is 4.39 Å². The normalized spacial score (nSPS) is 21.4. The molecule has 0 fully saturated rings. The number of hydrogen-bond donors (Lipinski definition) is 1. The van der Waals surface area contributed by atoms with Gasteiger partial charge in [-0.3, -0.25) is 0 Å². The van der Waals surface area contributed by atoms with Crippen molar-refractivity contribution in [1.29, 1.82) is 0 Å². The van der Waals surface area contributed by atoms with Gasteiger partial charge in [0.1, 0.15) is 11.3 Å². The van der Waals surface area contributed by atoms with Crippen LogP contribution in [0.2, 0.25) is 0 Å². The first kappa shape index (κ1) is 19.5. The number of pyridine rings is 2. The molecule has 3 aromatic rings. The molecule has 8 heteroatoms. The van der Waals surface area contributed by atoms with Crippen LogP contribution in [0.3, 0.4) is 0 Å². The fourth-order valence-electron chi connectivity index (χ4n) is 4.46. The molecule has 3 aliphatic rings. The molecular formula is C24H19FN4O2S. The van der Waals surface area contributed by atoms with Gasteiger partial charge in [-0.15, -0.1) is 0 Å². The predicted molar refractivity (Wildman–Crippen MR) is 122 cm³/mol. The summed E-state index contributed by atoms with van der Waals surface area (Å²) in [5, 5.41) is 0.512. The van der Waals surface area contributed by atoms with E-state index in [0.29, 0.717) is 46.9 Å². The summed E-state index contributed by atoms with van der Waals surface area (Å²) in [5.41, 5.74) is 10.5. The average molecular weight is 447 g/mol. The largest absolute Gasteiger partial charge is 0.438 e. The minimum Gasteiger partial charge on any atom is -0.438 e. The van der Waals surface area contributed by atoms with E-state index in [1.54, 1.807) is 12.1 Å². The van der Waals surface area contributed by atoms with E-state index in [1.165, 1.54) is 23.5 Å². The van der Waals surface area contributed by atoms with Gasteiger partial charge in [-0.25, -0.2) is 15.0 Å². The summed E-state index contributed by atoms with van der Waals surface area (Å²) >= 11 is 1.50. The summed E-state index contributed by atoms with van der Waals surface area (Å²) in [6.45, 7) is 1.28. The maximum Gasteiger partial charge on any atom is 0.225 e. The summed E-state index contributed by atoms with van der Waals surface area (Å²) in [4.78, 5) is 13.3. The van der Waals surface area contributed by atoms with Gasteiger partial charge in [-0.05, 0) is 53.5 Å². The van der Waals surface area contributed by atoms with E-state index in [1.807, 2.05) is 24.4 Å². The summed E-state index contributed by atoms with van der Waals surface area (Å²) in [7, 11) is 0. The number of hydrogen-bond acceptors (Lipinski definition) is 7. The molecule has 0 saturated heterocycles. The van der Waals surface area contributed by atoms with Crippen molar-refractivity contribution in [1.82, 2.24) is 9.97 Å². The van der Waals surface area contributed by atoms with E-state index in [4.69, 9.17) is 20.2 Å². The number of nitrogens with two attached hydrogens (primary N) is 1. The molecule has 0 bridgehead atoms. The molecule has 1 atom stereocenters. The molecule has 0 unspecified atom stereocenters. The third kappa shape index (κ3) is 3.02. The van der Waals surface area contributed by atoms with E-state index in [0.717, 1.165) is 23.1 Å². The van der Waals surface area contributed by atoms with Crippen molar-refractivity contribution < 1.29 is 13.9 Å². The number of amidine groups is 1. The number of benzene rings is 1. The van der Waals surface area contributed by atoms with E-state index < -0.39 is 11.5 Å². The fraction of sp³-hybridized carbons (Fsp3) is 0.208. The Bertz CT molecular complexity index is 1310. The van der Waals surface area contributed by atoms with E-state index >= 15 is 0 Å². The first-order valence-electron chi connectivity index (χ1n) is 10.3. The molecule has 32 heavy (non-hydrogen) atoms. The maximum absolute atomic E-state index is 14.4. The van der Waals surface area contributed by atoms with Crippen LogP contribution >= 0.6 is 11.8 Å². The Morgan fingerprint density at radius 2 is 2.00 bits per heavy atom. The maximum atomic E-state index is 14.4. The van der Waals surface area contributed by atoms with Crippen molar-refractivity contribution in [3.63, 3.8) is 0 Å². The lowest BCUT2D eigenvalue weighted by Gasteiger charge is -2.34. The molecule has 6 nitrogen and oxygen atoms in total. The van der Waals surface area contributed by atoms with Crippen molar-refractivity contribution in [2.24, 2.45) is 10.7 Å². The SMILES string of the molecule is NC1=N[C@@]2(CS1)c1cc(-c3cccnc3F)ccc1Oc1ncc(C3=CCOCC3)cc12. The van der Waals surface area contributed by atoms with Crippen LogP contribution in [0.5, 0.6) is 11.6 Å². The molecule has 160 valence electrons. The molecule has 0 amide bonds. The highest BCUT2D eigenvalue weighted by Gasteiger charge is 2.46. The molecule has 3 aliphatic heterocycles. The number of nitrogens with zero attached hydrogens (tertiary/aromatic N) is 3. The highest BCUT2D eigenvalue weighted by Crippen LogP contribution is 2.53. The first-order valence-corrected chi connectivity index (χ1v) is 11.3. The smallest absolute Gasteiger partial charge is 0.225 e. The third-order valence-corrected chi connectivity index (χ3v) is 7.01. The van der Waals surface area contributed by atoms with Crippen LogP contribution in [-0.2, 0) is 10.3 Å². The van der Waals surface area contributed by atoms with Crippen LogP contribution < -0.4 is 10.5 Å². The summed E-state index contributed by atoms with van der Waals surface area (Å²) < 4.78 is 26.0. The van der Waals surface area contributed by atoms with E-state index in [2.05, 4.69) is 22.1 Å². The zero-order valence-electron chi connectivity index (χ0n) is 17.0. The van der Waals surface area contributed by atoms with Gasteiger partial charge in [-0.1, -0.05) is 23.9 Å². The van der Waals surface area contributed by atoms with Gasteiger partial charge in [0, 0.05) is 34.8 Å². The molecule has 0 radical (unpaired) electrons. The number of aromatic nitrogens is 2. The predicted octanol–water partition coefficient (Wildman–Crippen LogP) is 4.50. The lowest BCUT2D eigenvalue weighted by molar-refractivity contribution is 0.161. The number of thioether (sulfide) groups is 1. The molecule has 2 aromatic heterocycles. The van der Waals surface area contributed by atoms with Crippen molar-refractivity contribution in [3.05, 3.63) is 77.5 Å². The minimum atomic E-state index is -0.749. The Morgan fingerprint density at radius 1 is 1.09 bits per heavy atom. The zero-order valence-corrected chi connectivity index (χ0v) is 17.9. The van der Waals surface area contributed by atoms with Crippen molar-refractivity contribution >= 4 is 22.5 Å². The molecule has 1 aromatic carbocycles. The second-order valence-corrected chi connectivity index (χ2v) is 8.88. The van der Waals surface area contributed by atoms with Crippen molar-refractivity contribution in [3.8, 4) is 22.8 Å². The van der Waals surface area contributed by atoms with Gasteiger partial charge in [-0.2, -0.15) is 4.39 Å². The van der Waals surface area contributed by atoms with Gasteiger partial charge in [0.05, 0.1) is 13.2 Å². The topological polar surface area (TPSA) is 82.6 Å². The highest BCUT2D eigenvalue weighted by atomic mass is 32.2.